The van der Waals surface area contributed by atoms with Crippen molar-refractivity contribution in [3.05, 3.63) is 0 Å². The van der Waals surface area contributed by atoms with Gasteiger partial charge >= 0.3 is 17.8 Å². The van der Waals surface area contributed by atoms with Crippen molar-refractivity contribution in [2.75, 3.05) is 20.3 Å². The van der Waals surface area contributed by atoms with Crippen molar-refractivity contribution in [2.45, 2.75) is 58.0 Å². The lowest BCUT2D eigenvalue weighted by Gasteiger charge is -2.26. The van der Waals surface area contributed by atoms with Crippen LogP contribution in [-0.4, -0.2) is 70.3 Å². The first-order valence-electron chi connectivity index (χ1n) is 8.29. The number of amides is 5. The van der Waals surface area contributed by atoms with Gasteiger partial charge < -0.3 is 5.32 Å². The van der Waals surface area contributed by atoms with Gasteiger partial charge in [-0.05, 0) is 40.7 Å². The highest BCUT2D eigenvalue weighted by Gasteiger charge is 2.48. The Labute approximate surface area is 142 Å². The van der Waals surface area contributed by atoms with Crippen molar-refractivity contribution in [1.29, 1.82) is 0 Å². The van der Waals surface area contributed by atoms with Gasteiger partial charge in [0.25, 0.3) is 0 Å². The SMILES string of the molecule is CN(CC(=O)NC(C)(C)C)CN1C(=O)C(=O)N(C2CCCC2)C1=O. The minimum atomic E-state index is -0.810. The van der Waals surface area contributed by atoms with Gasteiger partial charge in [-0.2, -0.15) is 0 Å². The number of hydrogen-bond donors (Lipinski definition) is 1. The van der Waals surface area contributed by atoms with Crippen molar-refractivity contribution in [1.82, 2.24) is 20.0 Å². The fourth-order valence-corrected chi connectivity index (χ4v) is 3.13. The summed E-state index contributed by atoms with van der Waals surface area (Å²) in [4.78, 5) is 52.2. The summed E-state index contributed by atoms with van der Waals surface area (Å²) in [6, 6.07) is -0.742. The third kappa shape index (κ3) is 4.11. The highest BCUT2D eigenvalue weighted by molar-refractivity contribution is 6.44. The smallest absolute Gasteiger partial charge is 0.335 e. The van der Waals surface area contributed by atoms with E-state index in [0.717, 1.165) is 35.5 Å². The molecule has 2 rings (SSSR count). The van der Waals surface area contributed by atoms with Crippen LogP contribution in [0, 0.1) is 0 Å². The minimum Gasteiger partial charge on any atom is -0.350 e. The average Bonchev–Trinajstić information content (AvgIpc) is 3.01. The lowest BCUT2D eigenvalue weighted by atomic mass is 10.1. The van der Waals surface area contributed by atoms with Crippen LogP contribution >= 0.6 is 0 Å². The standard InChI is InChI=1S/C16H26N4O4/c1-16(2,3)17-12(21)9-18(4)10-19-13(22)14(23)20(15(19)24)11-7-5-6-8-11/h11H,5-10H2,1-4H3,(H,17,21). The molecule has 0 aromatic carbocycles. The molecule has 8 nitrogen and oxygen atoms in total. The second kappa shape index (κ2) is 6.88. The van der Waals surface area contributed by atoms with Crippen LogP contribution in [0.3, 0.4) is 0 Å². The van der Waals surface area contributed by atoms with Gasteiger partial charge in [0, 0.05) is 11.6 Å². The van der Waals surface area contributed by atoms with Crippen molar-refractivity contribution < 1.29 is 19.2 Å². The van der Waals surface area contributed by atoms with E-state index in [2.05, 4.69) is 5.32 Å². The first kappa shape index (κ1) is 18.4. The van der Waals surface area contributed by atoms with Crippen LogP contribution in [0.15, 0.2) is 0 Å². The zero-order valence-electron chi connectivity index (χ0n) is 14.8. The van der Waals surface area contributed by atoms with Gasteiger partial charge in [0.15, 0.2) is 0 Å². The number of imide groups is 2. The lowest BCUT2D eigenvalue weighted by molar-refractivity contribution is -0.144. The van der Waals surface area contributed by atoms with E-state index in [1.165, 1.54) is 0 Å². The Morgan fingerprint density at radius 2 is 1.75 bits per heavy atom. The Bertz CT molecular complexity index is 549. The minimum absolute atomic E-state index is 0.0337. The van der Waals surface area contributed by atoms with Crippen LogP contribution in [0.5, 0.6) is 0 Å². The summed E-state index contributed by atoms with van der Waals surface area (Å²) in [5, 5.41) is 2.81. The summed E-state index contributed by atoms with van der Waals surface area (Å²) in [6.45, 7) is 5.57. The van der Waals surface area contributed by atoms with Gasteiger partial charge in [0.2, 0.25) is 5.91 Å². The molecule has 1 saturated heterocycles. The fraction of sp³-hybridized carbons (Fsp3) is 0.750. The van der Waals surface area contributed by atoms with Gasteiger partial charge in [-0.15, -0.1) is 0 Å². The first-order chi connectivity index (χ1) is 11.1. The maximum Gasteiger partial charge on any atom is 0.335 e. The molecule has 0 unspecified atom stereocenters. The Morgan fingerprint density at radius 3 is 2.29 bits per heavy atom. The Balaban J connectivity index is 1.96. The molecule has 0 atom stereocenters. The van der Waals surface area contributed by atoms with Gasteiger partial charge in [-0.3, -0.25) is 24.2 Å². The molecular weight excluding hydrogens is 312 g/mol. The van der Waals surface area contributed by atoms with E-state index in [9.17, 15) is 19.2 Å². The number of nitrogens with one attached hydrogen (secondary N) is 1. The fourth-order valence-electron chi connectivity index (χ4n) is 3.13. The van der Waals surface area contributed by atoms with Gasteiger partial charge in [-0.1, -0.05) is 12.8 Å². The molecule has 0 bridgehead atoms. The van der Waals surface area contributed by atoms with E-state index in [4.69, 9.17) is 0 Å². The summed E-state index contributed by atoms with van der Waals surface area (Å²) in [7, 11) is 1.63. The summed E-state index contributed by atoms with van der Waals surface area (Å²) < 4.78 is 0. The molecule has 2 aliphatic rings. The molecule has 2 fully saturated rings. The number of carbonyl (C=O) groups is 4. The number of nitrogens with zero attached hydrogens (tertiary/aromatic N) is 3. The third-order valence-corrected chi connectivity index (χ3v) is 4.08. The van der Waals surface area contributed by atoms with Crippen LogP contribution < -0.4 is 5.32 Å². The number of carbonyl (C=O) groups excluding carboxylic acids is 4. The van der Waals surface area contributed by atoms with E-state index in [1.807, 2.05) is 20.8 Å². The quantitative estimate of drug-likeness (QED) is 0.583. The zero-order valence-corrected chi connectivity index (χ0v) is 14.8. The number of likely N-dealkylation sites (N-methyl/N-ethyl adjacent to an activating group) is 1. The number of rotatable bonds is 5. The highest BCUT2D eigenvalue weighted by atomic mass is 16.2. The molecule has 0 radical (unpaired) electrons. The number of urea groups is 1. The van der Waals surface area contributed by atoms with E-state index in [-0.39, 0.29) is 30.7 Å². The largest absolute Gasteiger partial charge is 0.350 e. The van der Waals surface area contributed by atoms with Crippen LogP contribution in [0.1, 0.15) is 46.5 Å². The molecule has 1 heterocycles. The maximum absolute atomic E-state index is 12.4. The summed E-state index contributed by atoms with van der Waals surface area (Å²) in [5.74, 6) is -1.77. The van der Waals surface area contributed by atoms with Gasteiger partial charge in [0.1, 0.15) is 0 Å². The molecular formula is C16H26N4O4. The second-order valence-corrected chi connectivity index (χ2v) is 7.58. The van der Waals surface area contributed by atoms with Crippen LogP contribution in [0.2, 0.25) is 0 Å². The molecule has 24 heavy (non-hydrogen) atoms. The van der Waals surface area contributed by atoms with Crippen molar-refractivity contribution >= 4 is 23.8 Å². The third-order valence-electron chi connectivity index (χ3n) is 4.08. The summed E-state index contributed by atoms with van der Waals surface area (Å²) >= 11 is 0. The van der Waals surface area contributed by atoms with Crippen LogP contribution in [0.25, 0.3) is 0 Å². The maximum atomic E-state index is 12.4. The van der Waals surface area contributed by atoms with Gasteiger partial charge in [0.05, 0.1) is 13.2 Å². The number of hydrogen-bond acceptors (Lipinski definition) is 5. The Kier molecular flexibility index (Phi) is 5.27. The molecule has 1 N–H and O–H groups in total. The average molecular weight is 338 g/mol. The molecule has 0 aromatic rings. The summed E-state index contributed by atoms with van der Waals surface area (Å²) in [6.07, 6.45) is 3.43. The molecule has 134 valence electrons. The Morgan fingerprint density at radius 1 is 1.17 bits per heavy atom. The molecule has 8 heteroatoms. The lowest BCUT2D eigenvalue weighted by Crippen LogP contribution is -2.48. The predicted molar refractivity (Wildman–Crippen MR) is 86.7 cm³/mol. The summed E-state index contributed by atoms with van der Waals surface area (Å²) in [5.41, 5.74) is -0.355. The highest BCUT2D eigenvalue weighted by Crippen LogP contribution is 2.27. The van der Waals surface area contributed by atoms with E-state index >= 15 is 0 Å². The van der Waals surface area contributed by atoms with E-state index in [0.29, 0.717) is 0 Å². The van der Waals surface area contributed by atoms with Crippen molar-refractivity contribution in [2.24, 2.45) is 0 Å². The molecule has 1 aliphatic heterocycles. The van der Waals surface area contributed by atoms with E-state index in [1.54, 1.807) is 11.9 Å². The first-order valence-corrected chi connectivity index (χ1v) is 8.29. The van der Waals surface area contributed by atoms with E-state index < -0.39 is 17.8 Å². The van der Waals surface area contributed by atoms with Crippen LogP contribution in [-0.2, 0) is 14.4 Å². The Hall–Kier alpha value is -1.96. The van der Waals surface area contributed by atoms with Crippen LogP contribution in [0.4, 0.5) is 4.79 Å². The van der Waals surface area contributed by atoms with Crippen molar-refractivity contribution in [3.8, 4) is 0 Å². The molecule has 1 aliphatic carbocycles. The van der Waals surface area contributed by atoms with Gasteiger partial charge in [-0.25, -0.2) is 9.69 Å². The molecule has 5 amide bonds. The molecule has 0 aromatic heterocycles. The topological polar surface area (TPSA) is 90.0 Å². The zero-order chi connectivity index (χ0) is 18.1. The predicted octanol–water partition coefficient (Wildman–Crippen LogP) is 0.524. The van der Waals surface area contributed by atoms with Crippen molar-refractivity contribution in [3.63, 3.8) is 0 Å². The monoisotopic (exact) mass is 338 g/mol. The normalized spacial score (nSPS) is 19.8. The second-order valence-electron chi connectivity index (χ2n) is 7.58. The molecule has 0 spiro atoms. The molecule has 1 saturated carbocycles.